The lowest BCUT2D eigenvalue weighted by Crippen LogP contribution is -2.34. The van der Waals surface area contributed by atoms with Crippen molar-refractivity contribution in [1.29, 1.82) is 0 Å². The first-order chi connectivity index (χ1) is 9.28. The first kappa shape index (κ1) is 12.2. The highest BCUT2D eigenvalue weighted by atomic mass is 15.2. The van der Waals surface area contributed by atoms with Gasteiger partial charge < -0.3 is 14.8 Å². The number of benzene rings is 1. The van der Waals surface area contributed by atoms with Crippen LogP contribution in [-0.2, 0) is 19.6 Å². The second kappa shape index (κ2) is 5.05. The van der Waals surface area contributed by atoms with E-state index in [1.165, 1.54) is 16.8 Å². The van der Waals surface area contributed by atoms with Crippen molar-refractivity contribution in [2.24, 2.45) is 0 Å². The lowest BCUT2D eigenvalue weighted by Gasteiger charge is -2.31. The summed E-state index contributed by atoms with van der Waals surface area (Å²) in [5.41, 5.74) is 4.00. The topological polar surface area (TPSA) is 33.1 Å². The van der Waals surface area contributed by atoms with Gasteiger partial charge in [0, 0.05) is 37.7 Å². The molecule has 1 aliphatic rings. The molecule has 0 radical (unpaired) electrons. The first-order valence-corrected chi connectivity index (χ1v) is 6.77. The molecule has 0 bridgehead atoms. The molecule has 4 nitrogen and oxygen atoms in total. The minimum absolute atomic E-state index is 0.902. The van der Waals surface area contributed by atoms with Crippen LogP contribution in [0.15, 0.2) is 30.6 Å². The minimum atomic E-state index is 0.902. The number of fused-ring (bicyclic) bond motifs is 1. The zero-order valence-corrected chi connectivity index (χ0v) is 11.6. The number of aromatic nitrogens is 2. The second-order valence-electron chi connectivity index (χ2n) is 5.11. The number of hydrogen-bond acceptors (Lipinski definition) is 3. The number of aryl methyl sites for hydroxylation is 1. The predicted octanol–water partition coefficient (Wildman–Crippen LogP) is 1.93. The number of nitrogens with one attached hydrogen (secondary N) is 1. The van der Waals surface area contributed by atoms with E-state index in [9.17, 15) is 0 Å². The summed E-state index contributed by atoms with van der Waals surface area (Å²) in [5.74, 6) is 1.16. The van der Waals surface area contributed by atoms with Gasteiger partial charge in [0.2, 0.25) is 0 Å². The van der Waals surface area contributed by atoms with Crippen molar-refractivity contribution in [3.8, 4) is 0 Å². The van der Waals surface area contributed by atoms with Crippen LogP contribution < -0.4 is 10.2 Å². The zero-order valence-electron chi connectivity index (χ0n) is 11.6. The number of anilines is 1. The third-order valence-electron chi connectivity index (χ3n) is 3.73. The molecule has 0 saturated heterocycles. The highest BCUT2D eigenvalue weighted by molar-refractivity contribution is 5.54. The largest absolute Gasteiger partial charge is 0.362 e. The summed E-state index contributed by atoms with van der Waals surface area (Å²) in [7, 11) is 1.98. The molecular formula is C15H20N4. The molecule has 2 heterocycles. The van der Waals surface area contributed by atoms with Gasteiger partial charge in [-0.15, -0.1) is 0 Å². The normalized spacial score (nSPS) is 14.5. The van der Waals surface area contributed by atoms with E-state index >= 15 is 0 Å². The molecule has 100 valence electrons. The number of rotatable bonds is 3. The van der Waals surface area contributed by atoms with Gasteiger partial charge in [-0.1, -0.05) is 12.1 Å². The Hall–Kier alpha value is -1.81. The Kier molecular flexibility index (Phi) is 3.25. The van der Waals surface area contributed by atoms with E-state index in [2.05, 4.69) is 51.1 Å². The lowest BCUT2D eigenvalue weighted by atomic mass is 10.1. The van der Waals surface area contributed by atoms with E-state index < -0.39 is 0 Å². The van der Waals surface area contributed by atoms with E-state index in [1.54, 1.807) is 0 Å². The Labute approximate surface area is 114 Å². The fourth-order valence-corrected chi connectivity index (χ4v) is 2.77. The van der Waals surface area contributed by atoms with Gasteiger partial charge in [0.1, 0.15) is 5.82 Å². The van der Waals surface area contributed by atoms with Crippen molar-refractivity contribution < 1.29 is 0 Å². The van der Waals surface area contributed by atoms with Crippen molar-refractivity contribution in [2.75, 3.05) is 18.5 Å². The molecule has 0 fully saturated rings. The summed E-state index contributed by atoms with van der Waals surface area (Å²) < 4.78 is 2.24. The summed E-state index contributed by atoms with van der Waals surface area (Å²) in [6.07, 6.45) is 3.96. The van der Waals surface area contributed by atoms with Crippen molar-refractivity contribution >= 4 is 5.69 Å². The predicted molar refractivity (Wildman–Crippen MR) is 77.2 cm³/mol. The van der Waals surface area contributed by atoms with Crippen LogP contribution in [0.4, 0.5) is 5.69 Å². The maximum absolute atomic E-state index is 4.42. The second-order valence-corrected chi connectivity index (χ2v) is 5.11. The first-order valence-electron chi connectivity index (χ1n) is 6.77. The standard InChI is InChI=1S/C15H20N4/c1-12-9-13(10-16-2)3-4-14(12)19-8-7-18-6-5-17-15(18)11-19/h3-6,9,16H,7-8,10-11H2,1-2H3. The Morgan fingerprint density at radius 1 is 1.32 bits per heavy atom. The van der Waals surface area contributed by atoms with Crippen molar-refractivity contribution in [1.82, 2.24) is 14.9 Å². The quantitative estimate of drug-likeness (QED) is 0.911. The lowest BCUT2D eigenvalue weighted by molar-refractivity contribution is 0.559. The molecular weight excluding hydrogens is 236 g/mol. The van der Waals surface area contributed by atoms with Gasteiger partial charge in [-0.2, -0.15) is 0 Å². The average Bonchev–Trinajstić information content (AvgIpc) is 2.86. The van der Waals surface area contributed by atoms with Gasteiger partial charge >= 0.3 is 0 Å². The molecule has 1 N–H and O–H groups in total. The summed E-state index contributed by atoms with van der Waals surface area (Å²) in [4.78, 5) is 6.84. The highest BCUT2D eigenvalue weighted by Gasteiger charge is 2.18. The van der Waals surface area contributed by atoms with Crippen LogP contribution in [0.5, 0.6) is 0 Å². The molecule has 1 aromatic heterocycles. The third-order valence-corrected chi connectivity index (χ3v) is 3.73. The summed E-state index contributed by atoms with van der Waals surface area (Å²) in [6.45, 7) is 6.09. The minimum Gasteiger partial charge on any atom is -0.362 e. The van der Waals surface area contributed by atoms with Gasteiger partial charge in [-0.05, 0) is 31.2 Å². The Morgan fingerprint density at radius 2 is 2.21 bits per heavy atom. The molecule has 0 amide bonds. The fraction of sp³-hybridized carbons (Fsp3) is 0.400. The van der Waals surface area contributed by atoms with E-state index in [1.807, 2.05) is 13.2 Å². The summed E-state index contributed by atoms with van der Waals surface area (Å²) >= 11 is 0. The van der Waals surface area contributed by atoms with Crippen molar-refractivity contribution in [3.63, 3.8) is 0 Å². The van der Waals surface area contributed by atoms with Crippen LogP contribution in [-0.4, -0.2) is 23.1 Å². The smallest absolute Gasteiger partial charge is 0.128 e. The van der Waals surface area contributed by atoms with Crippen LogP contribution in [0.2, 0.25) is 0 Å². The fourth-order valence-electron chi connectivity index (χ4n) is 2.77. The number of imidazole rings is 1. The Balaban J connectivity index is 1.83. The molecule has 1 aliphatic heterocycles. The molecule has 0 spiro atoms. The molecule has 4 heteroatoms. The maximum atomic E-state index is 4.42. The molecule has 0 atom stereocenters. The third kappa shape index (κ3) is 2.36. The Bertz CT molecular complexity index is 573. The van der Waals surface area contributed by atoms with Crippen LogP contribution in [0.25, 0.3) is 0 Å². The molecule has 0 unspecified atom stereocenters. The van der Waals surface area contributed by atoms with Crippen LogP contribution in [0.1, 0.15) is 17.0 Å². The summed E-state index contributed by atoms with van der Waals surface area (Å²) in [5, 5.41) is 3.19. The molecule has 2 aromatic rings. The van der Waals surface area contributed by atoms with Crippen LogP contribution >= 0.6 is 0 Å². The van der Waals surface area contributed by atoms with E-state index in [-0.39, 0.29) is 0 Å². The highest BCUT2D eigenvalue weighted by Crippen LogP contribution is 2.25. The van der Waals surface area contributed by atoms with Crippen LogP contribution in [0.3, 0.4) is 0 Å². The van der Waals surface area contributed by atoms with Gasteiger partial charge in [-0.3, -0.25) is 0 Å². The van der Waals surface area contributed by atoms with E-state index in [0.717, 1.165) is 32.0 Å². The monoisotopic (exact) mass is 256 g/mol. The number of nitrogens with zero attached hydrogens (tertiary/aromatic N) is 3. The Morgan fingerprint density at radius 3 is 3.00 bits per heavy atom. The molecule has 3 rings (SSSR count). The molecule has 19 heavy (non-hydrogen) atoms. The van der Waals surface area contributed by atoms with Gasteiger partial charge in [-0.25, -0.2) is 4.98 Å². The van der Waals surface area contributed by atoms with Crippen molar-refractivity contribution in [3.05, 3.63) is 47.5 Å². The summed E-state index contributed by atoms with van der Waals surface area (Å²) in [6, 6.07) is 6.72. The van der Waals surface area contributed by atoms with E-state index in [0.29, 0.717) is 0 Å². The maximum Gasteiger partial charge on any atom is 0.128 e. The molecule has 0 aliphatic carbocycles. The van der Waals surface area contributed by atoms with E-state index in [4.69, 9.17) is 0 Å². The van der Waals surface area contributed by atoms with Gasteiger partial charge in [0.15, 0.2) is 0 Å². The SMILES string of the molecule is CNCc1ccc(N2CCn3ccnc3C2)c(C)c1. The molecule has 1 aromatic carbocycles. The zero-order chi connectivity index (χ0) is 13.2. The molecule has 0 saturated carbocycles. The van der Waals surface area contributed by atoms with Crippen molar-refractivity contribution in [2.45, 2.75) is 26.6 Å². The average molecular weight is 256 g/mol. The van der Waals surface area contributed by atoms with Gasteiger partial charge in [0.05, 0.1) is 6.54 Å². The van der Waals surface area contributed by atoms with Crippen LogP contribution in [0, 0.1) is 6.92 Å². The number of hydrogen-bond donors (Lipinski definition) is 1. The van der Waals surface area contributed by atoms with Gasteiger partial charge in [0.25, 0.3) is 0 Å².